The number of anilines is 1. The second-order valence-corrected chi connectivity index (χ2v) is 9.26. The Labute approximate surface area is 190 Å². The third-order valence-electron chi connectivity index (χ3n) is 6.68. The molecule has 0 spiro atoms. The van der Waals surface area contributed by atoms with Crippen molar-refractivity contribution >= 4 is 22.8 Å². The Morgan fingerprint density at radius 3 is 2.97 bits per heavy atom. The highest BCUT2D eigenvalue weighted by molar-refractivity contribution is 5.98. The van der Waals surface area contributed by atoms with E-state index in [9.17, 15) is 4.79 Å². The van der Waals surface area contributed by atoms with Gasteiger partial charge in [-0.3, -0.25) is 15.0 Å². The summed E-state index contributed by atoms with van der Waals surface area (Å²) in [5, 5.41) is 14.5. The lowest BCUT2D eigenvalue weighted by atomic mass is 10.0. The molecule has 168 valence electrons. The molecule has 1 amide bonds. The maximum absolute atomic E-state index is 12.9. The molecule has 0 bridgehead atoms. The van der Waals surface area contributed by atoms with Crippen LogP contribution in [0, 0.1) is 0 Å². The molecule has 33 heavy (non-hydrogen) atoms. The smallest absolute Gasteiger partial charge is 0.331 e. The Kier molecular flexibility index (Phi) is 4.48. The van der Waals surface area contributed by atoms with Crippen LogP contribution < -0.4 is 15.4 Å². The molecule has 1 fully saturated rings. The van der Waals surface area contributed by atoms with Gasteiger partial charge in [0, 0.05) is 46.9 Å². The van der Waals surface area contributed by atoms with Gasteiger partial charge in [0.15, 0.2) is 5.82 Å². The van der Waals surface area contributed by atoms with E-state index in [-0.39, 0.29) is 11.4 Å². The first kappa shape index (κ1) is 19.9. The number of carbonyl (C=O) groups is 1. The van der Waals surface area contributed by atoms with Crippen LogP contribution >= 0.6 is 0 Å². The number of rotatable bonds is 4. The number of nitrogens with zero attached hydrogens (tertiary/aromatic N) is 4. The van der Waals surface area contributed by atoms with E-state index in [0.717, 1.165) is 47.1 Å². The summed E-state index contributed by atoms with van der Waals surface area (Å²) < 4.78 is 7.71. The van der Waals surface area contributed by atoms with E-state index in [1.165, 1.54) is 6.33 Å². The average Bonchev–Trinajstić information content (AvgIpc) is 3.20. The fourth-order valence-corrected chi connectivity index (χ4v) is 4.32. The van der Waals surface area contributed by atoms with Crippen molar-refractivity contribution in [3.05, 3.63) is 59.8 Å². The summed E-state index contributed by atoms with van der Waals surface area (Å²) in [6, 6.07) is 9.54. The summed E-state index contributed by atoms with van der Waals surface area (Å²) in [6.45, 7) is 5.04. The Balaban J connectivity index is 1.22. The number of hydrogen-bond acceptors (Lipinski definition) is 6. The summed E-state index contributed by atoms with van der Waals surface area (Å²) in [6.07, 6.45) is 6.39. The van der Waals surface area contributed by atoms with E-state index in [1.54, 1.807) is 10.8 Å². The van der Waals surface area contributed by atoms with Crippen LogP contribution in [0.1, 0.15) is 43.6 Å². The predicted molar refractivity (Wildman–Crippen MR) is 124 cm³/mol. The lowest BCUT2D eigenvalue weighted by Gasteiger charge is -2.23. The number of hydrogen-bond donors (Lipinski definition) is 3. The predicted octanol–water partition coefficient (Wildman–Crippen LogP) is 4.11. The molecule has 0 radical (unpaired) electrons. The van der Waals surface area contributed by atoms with E-state index in [1.807, 2.05) is 30.3 Å². The van der Waals surface area contributed by atoms with Gasteiger partial charge in [-0.1, -0.05) is 6.92 Å². The van der Waals surface area contributed by atoms with Crippen molar-refractivity contribution in [1.82, 2.24) is 30.0 Å². The first-order valence-corrected chi connectivity index (χ1v) is 11.2. The SMILES string of the molecule is C[C@H]1Cc2c(ncnc2Oc2ccc3c(ccn3C(=O)Nc3cc(C4(C)CC4)[nH]n3)c2)CN1. The van der Waals surface area contributed by atoms with Gasteiger partial charge in [0.2, 0.25) is 5.88 Å². The molecule has 1 atom stereocenters. The third kappa shape index (κ3) is 3.64. The maximum atomic E-state index is 12.9. The number of amides is 1. The number of fused-ring (bicyclic) bond motifs is 2. The summed E-state index contributed by atoms with van der Waals surface area (Å²) in [7, 11) is 0. The molecule has 2 aliphatic rings. The van der Waals surface area contributed by atoms with E-state index in [0.29, 0.717) is 30.0 Å². The van der Waals surface area contributed by atoms with Gasteiger partial charge in [0.25, 0.3) is 0 Å². The van der Waals surface area contributed by atoms with Gasteiger partial charge in [-0.2, -0.15) is 5.10 Å². The third-order valence-corrected chi connectivity index (χ3v) is 6.68. The Bertz CT molecular complexity index is 1370. The topological polar surface area (TPSA) is 110 Å². The summed E-state index contributed by atoms with van der Waals surface area (Å²) in [5.41, 5.74) is 4.03. The maximum Gasteiger partial charge on any atom is 0.331 e. The summed E-state index contributed by atoms with van der Waals surface area (Å²) in [4.78, 5) is 21.6. The van der Waals surface area contributed by atoms with Crippen molar-refractivity contribution in [3.8, 4) is 11.6 Å². The highest BCUT2D eigenvalue weighted by Crippen LogP contribution is 2.47. The van der Waals surface area contributed by atoms with Crippen molar-refractivity contribution in [2.45, 2.75) is 51.1 Å². The molecule has 4 heterocycles. The number of ether oxygens (including phenoxy) is 1. The molecule has 9 nitrogen and oxygen atoms in total. The standard InChI is InChI=1S/C24H25N7O2/c1-14-9-17-18(12-25-14)26-13-27-22(17)33-16-3-4-19-15(10-16)5-8-31(19)23(32)28-21-11-20(29-30-21)24(2)6-7-24/h3-5,8,10-11,13-14,25H,6-7,9,12H2,1-2H3,(H2,28,29,30,32)/t14-/m0/s1. The van der Waals surface area contributed by atoms with Crippen LogP contribution in [0.4, 0.5) is 10.6 Å². The van der Waals surface area contributed by atoms with Gasteiger partial charge in [-0.05, 0) is 50.5 Å². The van der Waals surface area contributed by atoms with E-state index >= 15 is 0 Å². The number of H-pyrrole nitrogens is 1. The molecular formula is C24H25N7O2. The van der Waals surface area contributed by atoms with Crippen LogP contribution in [0.2, 0.25) is 0 Å². The van der Waals surface area contributed by atoms with Gasteiger partial charge in [-0.15, -0.1) is 0 Å². The number of benzene rings is 1. The normalized spacial score (nSPS) is 18.7. The second kappa shape index (κ2) is 7.41. The first-order chi connectivity index (χ1) is 16.0. The molecule has 4 aromatic rings. The fourth-order valence-electron chi connectivity index (χ4n) is 4.32. The van der Waals surface area contributed by atoms with Crippen molar-refractivity contribution in [2.24, 2.45) is 0 Å². The van der Waals surface area contributed by atoms with Gasteiger partial charge in [0.1, 0.15) is 12.1 Å². The van der Waals surface area contributed by atoms with Crippen molar-refractivity contribution in [1.29, 1.82) is 0 Å². The van der Waals surface area contributed by atoms with Crippen LogP contribution in [-0.4, -0.2) is 36.8 Å². The van der Waals surface area contributed by atoms with Crippen LogP contribution in [0.3, 0.4) is 0 Å². The van der Waals surface area contributed by atoms with Crippen LogP contribution in [0.5, 0.6) is 11.6 Å². The summed E-state index contributed by atoms with van der Waals surface area (Å²) >= 11 is 0. The van der Waals surface area contributed by atoms with Gasteiger partial charge < -0.3 is 10.1 Å². The molecular weight excluding hydrogens is 418 g/mol. The quantitative estimate of drug-likeness (QED) is 0.438. The lowest BCUT2D eigenvalue weighted by molar-refractivity contribution is 0.254. The summed E-state index contributed by atoms with van der Waals surface area (Å²) in [5.74, 6) is 1.79. The van der Waals surface area contributed by atoms with Gasteiger partial charge in [-0.25, -0.2) is 14.8 Å². The average molecular weight is 444 g/mol. The minimum atomic E-state index is -0.260. The highest BCUT2D eigenvalue weighted by Gasteiger charge is 2.40. The molecule has 9 heteroatoms. The number of aromatic nitrogens is 5. The van der Waals surface area contributed by atoms with Crippen LogP contribution in [0.15, 0.2) is 42.9 Å². The molecule has 6 rings (SSSR count). The largest absolute Gasteiger partial charge is 0.439 e. The lowest BCUT2D eigenvalue weighted by Crippen LogP contribution is -2.33. The molecule has 1 aromatic carbocycles. The minimum absolute atomic E-state index is 0.171. The fraction of sp³-hybridized carbons (Fsp3) is 0.333. The molecule has 0 unspecified atom stereocenters. The zero-order chi connectivity index (χ0) is 22.6. The minimum Gasteiger partial charge on any atom is -0.439 e. The zero-order valence-corrected chi connectivity index (χ0v) is 18.6. The van der Waals surface area contributed by atoms with Crippen molar-refractivity contribution in [3.63, 3.8) is 0 Å². The Hall–Kier alpha value is -3.72. The van der Waals surface area contributed by atoms with E-state index < -0.39 is 0 Å². The first-order valence-electron chi connectivity index (χ1n) is 11.2. The molecule has 1 saturated carbocycles. The van der Waals surface area contributed by atoms with Crippen molar-refractivity contribution in [2.75, 3.05) is 5.32 Å². The van der Waals surface area contributed by atoms with Crippen molar-refractivity contribution < 1.29 is 9.53 Å². The van der Waals surface area contributed by atoms with Gasteiger partial charge in [0.05, 0.1) is 11.2 Å². The molecule has 0 saturated heterocycles. The highest BCUT2D eigenvalue weighted by atomic mass is 16.5. The Morgan fingerprint density at radius 1 is 1.24 bits per heavy atom. The van der Waals surface area contributed by atoms with E-state index in [4.69, 9.17) is 4.74 Å². The number of aromatic amines is 1. The Morgan fingerprint density at radius 2 is 2.12 bits per heavy atom. The van der Waals surface area contributed by atoms with Crippen LogP contribution in [0.25, 0.3) is 10.9 Å². The van der Waals surface area contributed by atoms with Gasteiger partial charge >= 0.3 is 6.03 Å². The number of carbonyl (C=O) groups excluding carboxylic acids is 1. The van der Waals surface area contributed by atoms with Crippen LogP contribution in [-0.2, 0) is 18.4 Å². The molecule has 3 aromatic heterocycles. The molecule has 1 aliphatic carbocycles. The molecule has 3 N–H and O–H groups in total. The zero-order valence-electron chi connectivity index (χ0n) is 18.6. The second-order valence-electron chi connectivity index (χ2n) is 9.26. The monoisotopic (exact) mass is 443 g/mol. The van der Waals surface area contributed by atoms with E-state index in [2.05, 4.69) is 44.6 Å². The molecule has 1 aliphatic heterocycles. The number of nitrogens with one attached hydrogen (secondary N) is 3.